The van der Waals surface area contributed by atoms with Crippen molar-refractivity contribution in [2.75, 3.05) is 11.9 Å². The molecule has 21 heavy (non-hydrogen) atoms. The summed E-state index contributed by atoms with van der Waals surface area (Å²) in [6, 6.07) is 12.2. The number of hydrogen-bond acceptors (Lipinski definition) is 4. The number of carboxylic acids is 1. The van der Waals surface area contributed by atoms with E-state index >= 15 is 0 Å². The second-order valence-corrected chi connectivity index (χ2v) is 4.26. The molecule has 2 aromatic rings. The maximum atomic E-state index is 11.7. The van der Waals surface area contributed by atoms with Crippen LogP contribution in [0.15, 0.2) is 48.7 Å². The van der Waals surface area contributed by atoms with E-state index in [4.69, 9.17) is 9.84 Å². The molecule has 1 amide bonds. The van der Waals surface area contributed by atoms with Gasteiger partial charge in [-0.2, -0.15) is 0 Å². The van der Waals surface area contributed by atoms with Crippen LogP contribution < -0.4 is 10.1 Å². The van der Waals surface area contributed by atoms with Crippen LogP contribution >= 0.6 is 0 Å². The average Bonchev–Trinajstić information content (AvgIpc) is 2.48. The van der Waals surface area contributed by atoms with E-state index in [2.05, 4.69) is 10.3 Å². The molecular formula is C15H14N2O4. The van der Waals surface area contributed by atoms with Crippen LogP contribution in [0, 0.1) is 0 Å². The van der Waals surface area contributed by atoms with Crippen molar-refractivity contribution in [1.82, 2.24) is 4.98 Å². The number of benzene rings is 1. The van der Waals surface area contributed by atoms with E-state index in [1.54, 1.807) is 24.3 Å². The molecule has 0 radical (unpaired) electrons. The highest BCUT2D eigenvalue weighted by Gasteiger charge is 2.05. The highest BCUT2D eigenvalue weighted by atomic mass is 16.5. The first kappa shape index (κ1) is 14.5. The lowest BCUT2D eigenvalue weighted by molar-refractivity contribution is -0.136. The molecule has 0 unspecified atom stereocenters. The van der Waals surface area contributed by atoms with Crippen molar-refractivity contribution >= 4 is 17.6 Å². The molecule has 0 aliphatic heterocycles. The maximum Gasteiger partial charge on any atom is 0.309 e. The number of carboxylic acid groups (broad SMARTS) is 1. The lowest BCUT2D eigenvalue weighted by Gasteiger charge is -2.07. The van der Waals surface area contributed by atoms with Gasteiger partial charge in [0.05, 0.1) is 24.0 Å². The van der Waals surface area contributed by atoms with E-state index in [1.807, 2.05) is 18.2 Å². The number of anilines is 1. The molecule has 2 N–H and O–H groups in total. The van der Waals surface area contributed by atoms with Gasteiger partial charge in [-0.25, -0.2) is 0 Å². The molecule has 0 saturated heterocycles. The van der Waals surface area contributed by atoms with Crippen LogP contribution in [0.3, 0.4) is 0 Å². The first-order chi connectivity index (χ1) is 10.1. The van der Waals surface area contributed by atoms with Crippen LogP contribution in [0.25, 0.3) is 0 Å². The molecule has 2 rings (SSSR count). The summed E-state index contributed by atoms with van der Waals surface area (Å²) < 4.78 is 5.31. The molecule has 6 heteroatoms. The summed E-state index contributed by atoms with van der Waals surface area (Å²) in [5.74, 6) is -0.648. The van der Waals surface area contributed by atoms with Crippen LogP contribution in [0.1, 0.15) is 5.69 Å². The lowest BCUT2D eigenvalue weighted by atomic mass is 10.2. The van der Waals surface area contributed by atoms with Crippen molar-refractivity contribution in [3.63, 3.8) is 0 Å². The predicted molar refractivity (Wildman–Crippen MR) is 76.1 cm³/mol. The van der Waals surface area contributed by atoms with Crippen molar-refractivity contribution in [1.29, 1.82) is 0 Å². The molecule has 0 aliphatic rings. The number of nitrogens with zero attached hydrogens (tertiary/aromatic N) is 1. The van der Waals surface area contributed by atoms with E-state index in [0.29, 0.717) is 17.1 Å². The number of aliphatic carboxylic acids is 1. The number of hydrogen-bond donors (Lipinski definition) is 2. The van der Waals surface area contributed by atoms with Crippen LogP contribution in [-0.4, -0.2) is 28.6 Å². The van der Waals surface area contributed by atoms with Crippen molar-refractivity contribution in [2.24, 2.45) is 0 Å². The maximum absolute atomic E-state index is 11.7. The summed E-state index contributed by atoms with van der Waals surface area (Å²) in [6.45, 7) is -0.110. The molecule has 0 saturated carbocycles. The van der Waals surface area contributed by atoms with Crippen LogP contribution in [0.2, 0.25) is 0 Å². The Balaban J connectivity index is 1.83. The first-order valence-electron chi connectivity index (χ1n) is 6.28. The topological polar surface area (TPSA) is 88.5 Å². The Morgan fingerprint density at radius 1 is 1.14 bits per heavy atom. The minimum absolute atomic E-state index is 0.110. The normalized spacial score (nSPS) is 9.90. The third-order valence-corrected chi connectivity index (χ3v) is 2.55. The Morgan fingerprint density at radius 2 is 1.90 bits per heavy atom. The van der Waals surface area contributed by atoms with Gasteiger partial charge in [-0.05, 0) is 24.3 Å². The van der Waals surface area contributed by atoms with Gasteiger partial charge >= 0.3 is 5.97 Å². The van der Waals surface area contributed by atoms with E-state index in [1.165, 1.54) is 6.20 Å². The minimum Gasteiger partial charge on any atom is -0.484 e. The molecular weight excluding hydrogens is 272 g/mol. The molecule has 0 aliphatic carbocycles. The first-order valence-corrected chi connectivity index (χ1v) is 6.28. The second kappa shape index (κ2) is 7.04. The van der Waals surface area contributed by atoms with E-state index in [0.717, 1.165) is 0 Å². The van der Waals surface area contributed by atoms with E-state index in [-0.39, 0.29) is 18.9 Å². The SMILES string of the molecule is O=C(O)Cc1ccc(NC(=O)COc2ccccc2)cn1. The fraction of sp³-hybridized carbons (Fsp3) is 0.133. The number of aromatic nitrogens is 1. The smallest absolute Gasteiger partial charge is 0.309 e. The number of pyridine rings is 1. The molecule has 0 spiro atoms. The number of ether oxygens (including phenoxy) is 1. The standard InChI is InChI=1S/C15H14N2O4/c18-14(10-21-13-4-2-1-3-5-13)17-12-7-6-11(16-9-12)8-15(19)20/h1-7,9H,8,10H2,(H,17,18)(H,19,20). The summed E-state index contributed by atoms with van der Waals surface area (Å²) >= 11 is 0. The summed E-state index contributed by atoms with van der Waals surface area (Å²) in [5, 5.41) is 11.3. The zero-order valence-corrected chi connectivity index (χ0v) is 11.2. The quantitative estimate of drug-likeness (QED) is 0.844. The molecule has 0 fully saturated rings. The Hall–Kier alpha value is -2.89. The summed E-state index contributed by atoms with van der Waals surface area (Å²) in [6.07, 6.45) is 1.27. The van der Waals surface area contributed by atoms with Crippen molar-refractivity contribution in [2.45, 2.75) is 6.42 Å². The van der Waals surface area contributed by atoms with Crippen molar-refractivity contribution < 1.29 is 19.4 Å². The zero-order valence-electron chi connectivity index (χ0n) is 11.2. The van der Waals surface area contributed by atoms with Gasteiger partial charge < -0.3 is 15.2 Å². The number of amides is 1. The number of rotatable bonds is 6. The molecule has 1 heterocycles. The van der Waals surface area contributed by atoms with Crippen LogP contribution in [0.5, 0.6) is 5.75 Å². The Morgan fingerprint density at radius 3 is 2.52 bits per heavy atom. The molecule has 1 aromatic heterocycles. The van der Waals surface area contributed by atoms with Crippen LogP contribution in [0.4, 0.5) is 5.69 Å². The molecule has 0 bridgehead atoms. The number of carbonyl (C=O) groups excluding carboxylic acids is 1. The fourth-order valence-electron chi connectivity index (χ4n) is 1.62. The third-order valence-electron chi connectivity index (χ3n) is 2.55. The molecule has 0 atom stereocenters. The van der Waals surface area contributed by atoms with Gasteiger partial charge in [0.1, 0.15) is 5.75 Å². The molecule has 108 valence electrons. The van der Waals surface area contributed by atoms with Gasteiger partial charge in [-0.3, -0.25) is 14.6 Å². The monoisotopic (exact) mass is 286 g/mol. The highest BCUT2D eigenvalue weighted by Crippen LogP contribution is 2.09. The largest absolute Gasteiger partial charge is 0.484 e. The van der Waals surface area contributed by atoms with E-state index < -0.39 is 5.97 Å². The molecule has 6 nitrogen and oxygen atoms in total. The minimum atomic E-state index is -0.949. The number of nitrogens with one attached hydrogen (secondary N) is 1. The third kappa shape index (κ3) is 4.94. The predicted octanol–water partition coefficient (Wildman–Crippen LogP) is 1.73. The lowest BCUT2D eigenvalue weighted by Crippen LogP contribution is -2.20. The Labute approximate surface area is 121 Å². The van der Waals surface area contributed by atoms with E-state index in [9.17, 15) is 9.59 Å². The fourth-order valence-corrected chi connectivity index (χ4v) is 1.62. The summed E-state index contributed by atoms with van der Waals surface area (Å²) in [4.78, 5) is 26.2. The Bertz CT molecular complexity index is 611. The van der Waals surface area contributed by atoms with Crippen LogP contribution in [-0.2, 0) is 16.0 Å². The van der Waals surface area contributed by atoms with Gasteiger partial charge in [0.15, 0.2) is 6.61 Å². The van der Waals surface area contributed by atoms with Gasteiger partial charge in [0.2, 0.25) is 0 Å². The van der Waals surface area contributed by atoms with Crippen molar-refractivity contribution in [3.05, 3.63) is 54.4 Å². The van der Waals surface area contributed by atoms with Gasteiger partial charge in [-0.15, -0.1) is 0 Å². The Kier molecular flexibility index (Phi) is 4.87. The summed E-state index contributed by atoms with van der Waals surface area (Å²) in [7, 11) is 0. The number of carbonyl (C=O) groups is 2. The number of para-hydroxylation sites is 1. The van der Waals surface area contributed by atoms with Gasteiger partial charge in [0, 0.05) is 0 Å². The zero-order chi connectivity index (χ0) is 15.1. The van der Waals surface area contributed by atoms with Gasteiger partial charge in [0.25, 0.3) is 5.91 Å². The second-order valence-electron chi connectivity index (χ2n) is 4.26. The average molecular weight is 286 g/mol. The summed E-state index contributed by atoms with van der Waals surface area (Å²) in [5.41, 5.74) is 0.923. The van der Waals surface area contributed by atoms with Crippen molar-refractivity contribution in [3.8, 4) is 5.75 Å². The molecule has 1 aromatic carbocycles. The highest BCUT2D eigenvalue weighted by molar-refractivity contribution is 5.91. The van der Waals surface area contributed by atoms with Gasteiger partial charge in [-0.1, -0.05) is 18.2 Å².